The molecule has 3 nitrogen and oxygen atoms in total. The zero-order chi connectivity index (χ0) is 10.7. The lowest BCUT2D eigenvalue weighted by Gasteiger charge is -2.20. The zero-order valence-electron chi connectivity index (χ0n) is 8.62. The normalized spacial score (nSPS) is 25.5. The Morgan fingerprint density at radius 3 is 3.07 bits per heavy atom. The molecule has 1 aromatic rings. The van der Waals surface area contributed by atoms with Gasteiger partial charge in [0.05, 0.1) is 11.9 Å². The number of aromatic nitrogens is 1. The molecule has 0 saturated heterocycles. The number of anilines is 1. The Morgan fingerprint density at radius 2 is 2.33 bits per heavy atom. The molecular weight excluding hydrogens is 254 g/mol. The number of hydrogen-bond acceptors (Lipinski definition) is 3. The molecule has 1 heterocycles. The van der Waals surface area contributed by atoms with Crippen molar-refractivity contribution in [2.24, 2.45) is 11.7 Å². The van der Waals surface area contributed by atoms with Crippen molar-refractivity contribution in [2.75, 3.05) is 11.9 Å². The van der Waals surface area contributed by atoms with Crippen molar-refractivity contribution in [1.29, 1.82) is 0 Å². The first kappa shape index (κ1) is 10.9. The summed E-state index contributed by atoms with van der Waals surface area (Å²) in [5.41, 5.74) is 6.82. The first-order valence-corrected chi connectivity index (χ1v) is 6.16. The highest BCUT2D eigenvalue weighted by Crippen LogP contribution is 2.28. The zero-order valence-corrected chi connectivity index (χ0v) is 10.2. The fourth-order valence-electron chi connectivity index (χ4n) is 2.21. The Labute approximate surface area is 98.6 Å². The van der Waals surface area contributed by atoms with Gasteiger partial charge >= 0.3 is 0 Å². The van der Waals surface area contributed by atoms with Crippen LogP contribution in [0.3, 0.4) is 0 Å². The molecule has 0 spiro atoms. The molecule has 1 fully saturated rings. The van der Waals surface area contributed by atoms with Crippen LogP contribution < -0.4 is 11.1 Å². The smallest absolute Gasteiger partial charge is 0.0540 e. The lowest BCUT2D eigenvalue weighted by Crippen LogP contribution is -2.29. The summed E-state index contributed by atoms with van der Waals surface area (Å²) in [5.74, 6) is 0.615. The second-order valence-electron chi connectivity index (χ2n) is 4.07. The number of nitrogens with zero attached hydrogens (tertiary/aromatic N) is 1. The Kier molecular flexibility index (Phi) is 3.59. The monoisotopic (exact) mass is 269 g/mol. The predicted octanol–water partition coefficient (Wildman–Crippen LogP) is 2.38. The maximum absolute atomic E-state index is 5.74. The van der Waals surface area contributed by atoms with Crippen LogP contribution in [-0.2, 0) is 0 Å². The molecule has 2 rings (SSSR count). The molecule has 0 bridgehead atoms. The molecule has 1 aliphatic carbocycles. The maximum atomic E-state index is 5.74. The Balaban J connectivity index is 2.02. The van der Waals surface area contributed by atoms with Crippen molar-refractivity contribution >= 4 is 21.6 Å². The molecule has 1 aliphatic rings. The molecule has 2 unspecified atom stereocenters. The van der Waals surface area contributed by atoms with E-state index in [4.69, 9.17) is 5.73 Å². The number of halogens is 1. The number of nitrogens with one attached hydrogen (secondary N) is 1. The molecule has 2 atom stereocenters. The highest BCUT2D eigenvalue weighted by Gasteiger charge is 2.25. The van der Waals surface area contributed by atoms with Crippen LogP contribution in [-0.4, -0.2) is 17.6 Å². The van der Waals surface area contributed by atoms with Crippen LogP contribution >= 0.6 is 15.9 Å². The van der Waals surface area contributed by atoms with Crippen molar-refractivity contribution in [3.8, 4) is 0 Å². The van der Waals surface area contributed by atoms with Crippen LogP contribution in [0.4, 0.5) is 5.69 Å². The van der Waals surface area contributed by atoms with Crippen molar-refractivity contribution in [1.82, 2.24) is 4.98 Å². The van der Waals surface area contributed by atoms with Crippen LogP contribution in [0.25, 0.3) is 0 Å². The van der Waals surface area contributed by atoms with E-state index in [-0.39, 0.29) is 0 Å². The van der Waals surface area contributed by atoms with Gasteiger partial charge in [0.1, 0.15) is 0 Å². The number of nitrogens with two attached hydrogens (primary N) is 1. The van der Waals surface area contributed by atoms with E-state index >= 15 is 0 Å². The Bertz CT molecular complexity index is 329. The third-order valence-corrected chi connectivity index (χ3v) is 3.45. The fraction of sp³-hybridized carbons (Fsp3) is 0.545. The van der Waals surface area contributed by atoms with Gasteiger partial charge in [0.15, 0.2) is 0 Å². The molecule has 0 aromatic carbocycles. The van der Waals surface area contributed by atoms with Gasteiger partial charge in [-0.3, -0.25) is 4.98 Å². The Morgan fingerprint density at radius 1 is 1.47 bits per heavy atom. The van der Waals surface area contributed by atoms with Crippen molar-refractivity contribution in [2.45, 2.75) is 25.3 Å². The third-order valence-electron chi connectivity index (χ3n) is 3.02. The molecule has 0 amide bonds. The van der Waals surface area contributed by atoms with Crippen LogP contribution in [0.2, 0.25) is 0 Å². The standard InChI is InChI=1S/C11H16BrN3/c12-9-4-10(7-14-6-9)15-11-3-1-2-8(11)5-13/h4,6-8,11,15H,1-3,5,13H2. The predicted molar refractivity (Wildman–Crippen MR) is 65.7 cm³/mol. The summed E-state index contributed by atoms with van der Waals surface area (Å²) in [6.45, 7) is 0.777. The summed E-state index contributed by atoms with van der Waals surface area (Å²) >= 11 is 3.42. The number of pyridine rings is 1. The minimum Gasteiger partial charge on any atom is -0.381 e. The summed E-state index contributed by atoms with van der Waals surface area (Å²) in [6.07, 6.45) is 7.39. The second-order valence-corrected chi connectivity index (χ2v) is 4.99. The van der Waals surface area contributed by atoms with Gasteiger partial charge in [0.2, 0.25) is 0 Å². The minimum atomic E-state index is 0.520. The average molecular weight is 270 g/mol. The van der Waals surface area contributed by atoms with Gasteiger partial charge in [0, 0.05) is 16.7 Å². The quantitative estimate of drug-likeness (QED) is 0.886. The largest absolute Gasteiger partial charge is 0.381 e. The van der Waals surface area contributed by atoms with E-state index in [1.54, 1.807) is 6.20 Å². The molecule has 1 saturated carbocycles. The van der Waals surface area contributed by atoms with E-state index < -0.39 is 0 Å². The first-order valence-electron chi connectivity index (χ1n) is 5.37. The first-order chi connectivity index (χ1) is 7.29. The molecular formula is C11H16BrN3. The Hall–Kier alpha value is -0.610. The fourth-order valence-corrected chi connectivity index (χ4v) is 2.58. The van der Waals surface area contributed by atoms with Crippen molar-refractivity contribution in [3.63, 3.8) is 0 Å². The van der Waals surface area contributed by atoms with Gasteiger partial charge in [-0.15, -0.1) is 0 Å². The molecule has 4 heteroatoms. The third kappa shape index (κ3) is 2.69. The van der Waals surface area contributed by atoms with E-state index in [0.29, 0.717) is 12.0 Å². The second kappa shape index (κ2) is 4.94. The number of rotatable bonds is 3. The van der Waals surface area contributed by atoms with E-state index in [0.717, 1.165) is 16.7 Å². The highest BCUT2D eigenvalue weighted by atomic mass is 79.9. The molecule has 0 aliphatic heterocycles. The van der Waals surface area contributed by atoms with Crippen molar-refractivity contribution < 1.29 is 0 Å². The van der Waals surface area contributed by atoms with Crippen LogP contribution in [0.5, 0.6) is 0 Å². The van der Waals surface area contributed by atoms with E-state index in [1.807, 2.05) is 6.20 Å². The SMILES string of the molecule is NCC1CCCC1Nc1cncc(Br)c1. The summed E-state index contributed by atoms with van der Waals surface area (Å²) in [6, 6.07) is 2.57. The van der Waals surface area contributed by atoms with Gasteiger partial charge in [-0.25, -0.2) is 0 Å². The van der Waals surface area contributed by atoms with E-state index in [9.17, 15) is 0 Å². The summed E-state index contributed by atoms with van der Waals surface area (Å²) in [5, 5.41) is 3.51. The van der Waals surface area contributed by atoms with Gasteiger partial charge in [-0.1, -0.05) is 6.42 Å². The summed E-state index contributed by atoms with van der Waals surface area (Å²) in [4.78, 5) is 4.14. The molecule has 3 N–H and O–H groups in total. The van der Waals surface area contributed by atoms with Gasteiger partial charge in [0.25, 0.3) is 0 Å². The highest BCUT2D eigenvalue weighted by molar-refractivity contribution is 9.10. The molecule has 15 heavy (non-hydrogen) atoms. The minimum absolute atomic E-state index is 0.520. The van der Waals surface area contributed by atoms with Crippen molar-refractivity contribution in [3.05, 3.63) is 22.9 Å². The average Bonchev–Trinajstić information content (AvgIpc) is 2.65. The molecule has 82 valence electrons. The van der Waals surface area contributed by atoms with Crippen LogP contribution in [0, 0.1) is 5.92 Å². The lowest BCUT2D eigenvalue weighted by atomic mass is 10.0. The van der Waals surface area contributed by atoms with Gasteiger partial charge in [-0.2, -0.15) is 0 Å². The maximum Gasteiger partial charge on any atom is 0.0540 e. The van der Waals surface area contributed by atoms with E-state index in [1.165, 1.54) is 19.3 Å². The molecule has 0 radical (unpaired) electrons. The lowest BCUT2D eigenvalue weighted by molar-refractivity contribution is 0.516. The molecule has 1 aromatic heterocycles. The summed E-state index contributed by atoms with van der Waals surface area (Å²) < 4.78 is 1.01. The summed E-state index contributed by atoms with van der Waals surface area (Å²) in [7, 11) is 0. The van der Waals surface area contributed by atoms with E-state index in [2.05, 4.69) is 32.3 Å². The number of hydrogen-bond donors (Lipinski definition) is 2. The van der Waals surface area contributed by atoms with Crippen LogP contribution in [0.1, 0.15) is 19.3 Å². The van der Waals surface area contributed by atoms with Gasteiger partial charge in [-0.05, 0) is 47.3 Å². The van der Waals surface area contributed by atoms with Gasteiger partial charge < -0.3 is 11.1 Å². The topological polar surface area (TPSA) is 50.9 Å². The van der Waals surface area contributed by atoms with Crippen LogP contribution in [0.15, 0.2) is 22.9 Å².